The minimum atomic E-state index is -0.793. The number of rotatable bonds is 6. The number of amides is 3. The zero-order chi connectivity index (χ0) is 24.5. The molecule has 0 bridgehead atoms. The van der Waals surface area contributed by atoms with E-state index >= 15 is 0 Å². The lowest BCUT2D eigenvalue weighted by molar-refractivity contribution is -0.137. The van der Waals surface area contributed by atoms with Crippen LogP contribution in [-0.4, -0.2) is 69.9 Å². The summed E-state index contributed by atoms with van der Waals surface area (Å²) in [5.74, 6) is -0.481. The average molecular weight is 496 g/mol. The van der Waals surface area contributed by atoms with Gasteiger partial charge in [0, 0.05) is 32.1 Å². The Morgan fingerprint density at radius 1 is 1.00 bits per heavy atom. The molecule has 2 unspecified atom stereocenters. The van der Waals surface area contributed by atoms with E-state index in [9.17, 15) is 14.4 Å². The molecule has 2 aliphatic heterocycles. The van der Waals surface area contributed by atoms with Crippen LogP contribution in [0.5, 0.6) is 0 Å². The summed E-state index contributed by atoms with van der Waals surface area (Å²) in [6, 6.07) is 6.03. The van der Waals surface area contributed by atoms with Gasteiger partial charge in [-0.25, -0.2) is 0 Å². The fraction of sp³-hybridized carbons (Fsp3) is 0.577. The van der Waals surface area contributed by atoms with Crippen molar-refractivity contribution in [1.29, 1.82) is 0 Å². The third-order valence-corrected chi connectivity index (χ3v) is 8.93. The molecule has 9 heteroatoms. The second-order valence-corrected chi connectivity index (χ2v) is 10.9. The summed E-state index contributed by atoms with van der Waals surface area (Å²) in [7, 11) is 0. The molecule has 8 nitrogen and oxygen atoms in total. The first-order valence-electron chi connectivity index (χ1n) is 12.8. The number of aromatic nitrogens is 2. The lowest BCUT2D eigenvalue weighted by atomic mass is 9.90. The molecule has 0 spiro atoms. The molecule has 1 saturated heterocycles. The van der Waals surface area contributed by atoms with Crippen LogP contribution in [0.3, 0.4) is 0 Å². The van der Waals surface area contributed by atoms with Gasteiger partial charge in [-0.3, -0.25) is 19.3 Å². The van der Waals surface area contributed by atoms with Crippen LogP contribution in [0.25, 0.3) is 0 Å². The highest BCUT2D eigenvalue weighted by atomic mass is 32.1. The monoisotopic (exact) mass is 495 g/mol. The van der Waals surface area contributed by atoms with Gasteiger partial charge in [0.2, 0.25) is 11.0 Å². The molecule has 0 N–H and O–H groups in total. The summed E-state index contributed by atoms with van der Waals surface area (Å²) in [6.07, 6.45) is 6.95. The van der Waals surface area contributed by atoms with Gasteiger partial charge < -0.3 is 9.80 Å². The standard InChI is InChI=1S/C26H33N5O3S/c1-3-17(2)21(31-23(32)19-11-7-8-12-20(19)24(31)33)25(34)29-13-15-30(16-14-29)26-28-27-22(35-26)18-9-5-4-6-10-18/h7-8,11-12,17-18,21H,3-6,9-10,13-16H2,1-2H3. The molecule has 3 aliphatic rings. The Bertz CT molecular complexity index is 1070. The third-order valence-electron chi connectivity index (χ3n) is 7.79. The third kappa shape index (κ3) is 4.46. The smallest absolute Gasteiger partial charge is 0.262 e. The summed E-state index contributed by atoms with van der Waals surface area (Å²) >= 11 is 1.69. The fourth-order valence-corrected chi connectivity index (χ4v) is 6.53. The number of imide groups is 1. The van der Waals surface area contributed by atoms with Gasteiger partial charge in [0.1, 0.15) is 11.0 Å². The quantitative estimate of drug-likeness (QED) is 0.564. The van der Waals surface area contributed by atoms with Crippen LogP contribution in [0, 0.1) is 5.92 Å². The number of nitrogens with zero attached hydrogens (tertiary/aromatic N) is 5. The Kier molecular flexibility index (Phi) is 6.86. The number of carbonyl (C=O) groups is 3. The van der Waals surface area contributed by atoms with Crippen molar-refractivity contribution in [2.75, 3.05) is 31.1 Å². The normalized spacial score (nSPS) is 20.8. The van der Waals surface area contributed by atoms with Gasteiger partial charge >= 0.3 is 0 Å². The Labute approximate surface area is 210 Å². The van der Waals surface area contributed by atoms with Crippen molar-refractivity contribution in [3.05, 3.63) is 40.4 Å². The van der Waals surface area contributed by atoms with Crippen LogP contribution in [0.1, 0.15) is 84.0 Å². The van der Waals surface area contributed by atoms with Gasteiger partial charge in [0.15, 0.2) is 0 Å². The summed E-state index contributed by atoms with van der Waals surface area (Å²) in [6.45, 7) is 6.33. The minimum absolute atomic E-state index is 0.135. The molecule has 35 heavy (non-hydrogen) atoms. The van der Waals surface area contributed by atoms with Crippen molar-refractivity contribution in [3.63, 3.8) is 0 Å². The molecule has 3 amide bonds. The van der Waals surface area contributed by atoms with E-state index in [1.54, 1.807) is 40.5 Å². The molecule has 1 aromatic heterocycles. The first kappa shape index (κ1) is 23.9. The van der Waals surface area contributed by atoms with Crippen LogP contribution in [0.15, 0.2) is 24.3 Å². The average Bonchev–Trinajstić information content (AvgIpc) is 3.49. The van der Waals surface area contributed by atoms with Gasteiger partial charge in [-0.1, -0.05) is 63.0 Å². The second kappa shape index (κ2) is 10.0. The number of hydrogen-bond donors (Lipinski definition) is 0. The summed E-state index contributed by atoms with van der Waals surface area (Å²) in [4.78, 5) is 45.2. The van der Waals surface area contributed by atoms with Crippen molar-refractivity contribution in [3.8, 4) is 0 Å². The van der Waals surface area contributed by atoms with Crippen molar-refractivity contribution in [1.82, 2.24) is 20.0 Å². The fourth-order valence-electron chi connectivity index (χ4n) is 5.47. The van der Waals surface area contributed by atoms with E-state index in [2.05, 4.69) is 15.1 Å². The molecular weight excluding hydrogens is 462 g/mol. The maximum absolute atomic E-state index is 13.7. The van der Waals surface area contributed by atoms with Crippen LogP contribution < -0.4 is 4.90 Å². The Hall–Kier alpha value is -2.81. The van der Waals surface area contributed by atoms with Crippen molar-refractivity contribution in [2.24, 2.45) is 5.92 Å². The van der Waals surface area contributed by atoms with E-state index in [1.165, 1.54) is 37.0 Å². The maximum atomic E-state index is 13.7. The van der Waals surface area contributed by atoms with E-state index in [-0.39, 0.29) is 23.6 Å². The highest BCUT2D eigenvalue weighted by Gasteiger charge is 2.46. The lowest BCUT2D eigenvalue weighted by Crippen LogP contribution is -2.58. The highest BCUT2D eigenvalue weighted by molar-refractivity contribution is 7.15. The van der Waals surface area contributed by atoms with Gasteiger partial charge in [-0.05, 0) is 30.9 Å². The van der Waals surface area contributed by atoms with Gasteiger partial charge in [-0.2, -0.15) is 0 Å². The Morgan fingerprint density at radius 3 is 2.23 bits per heavy atom. The number of fused-ring (bicyclic) bond motifs is 1. The molecule has 186 valence electrons. The molecule has 3 heterocycles. The number of anilines is 1. The first-order chi connectivity index (χ1) is 17.0. The van der Waals surface area contributed by atoms with Crippen molar-refractivity contribution >= 4 is 34.2 Å². The minimum Gasteiger partial charge on any atom is -0.343 e. The second-order valence-electron chi connectivity index (χ2n) is 9.93. The molecule has 1 saturated carbocycles. The van der Waals surface area contributed by atoms with Crippen LogP contribution in [0.2, 0.25) is 0 Å². The number of benzene rings is 1. The van der Waals surface area contributed by atoms with E-state index in [4.69, 9.17) is 0 Å². The van der Waals surface area contributed by atoms with E-state index in [0.717, 1.165) is 10.1 Å². The van der Waals surface area contributed by atoms with Gasteiger partial charge in [-0.15, -0.1) is 10.2 Å². The molecule has 1 aromatic carbocycles. The van der Waals surface area contributed by atoms with Gasteiger partial charge in [0.05, 0.1) is 11.1 Å². The predicted molar refractivity (Wildman–Crippen MR) is 135 cm³/mol. The first-order valence-corrected chi connectivity index (χ1v) is 13.6. The van der Waals surface area contributed by atoms with Crippen LogP contribution in [0.4, 0.5) is 5.13 Å². The molecule has 2 fully saturated rings. The Balaban J connectivity index is 1.27. The SMILES string of the molecule is CCC(C)C(C(=O)N1CCN(c2nnc(C3CCCCC3)s2)CC1)N1C(=O)c2ccccc2C1=O. The van der Waals surface area contributed by atoms with E-state index < -0.39 is 6.04 Å². The van der Waals surface area contributed by atoms with Crippen LogP contribution in [-0.2, 0) is 4.79 Å². The van der Waals surface area contributed by atoms with Crippen molar-refractivity contribution in [2.45, 2.75) is 64.3 Å². The molecule has 2 aromatic rings. The highest BCUT2D eigenvalue weighted by Crippen LogP contribution is 2.36. The number of piperazine rings is 1. The van der Waals surface area contributed by atoms with Gasteiger partial charge in [0.25, 0.3) is 11.8 Å². The van der Waals surface area contributed by atoms with E-state index in [0.29, 0.717) is 49.6 Å². The predicted octanol–water partition coefficient (Wildman–Crippen LogP) is 3.95. The number of carbonyl (C=O) groups excluding carboxylic acids is 3. The van der Waals surface area contributed by atoms with Crippen molar-refractivity contribution < 1.29 is 14.4 Å². The molecule has 1 aliphatic carbocycles. The largest absolute Gasteiger partial charge is 0.343 e. The zero-order valence-corrected chi connectivity index (χ0v) is 21.3. The molecule has 0 radical (unpaired) electrons. The maximum Gasteiger partial charge on any atom is 0.262 e. The van der Waals surface area contributed by atoms with E-state index in [1.807, 2.05) is 13.8 Å². The summed E-state index contributed by atoms with van der Waals surface area (Å²) < 4.78 is 0. The number of hydrogen-bond acceptors (Lipinski definition) is 7. The summed E-state index contributed by atoms with van der Waals surface area (Å²) in [5, 5.41) is 11.0. The topological polar surface area (TPSA) is 86.7 Å². The summed E-state index contributed by atoms with van der Waals surface area (Å²) in [5.41, 5.74) is 0.766. The molecule has 2 atom stereocenters. The molecule has 5 rings (SSSR count). The lowest BCUT2D eigenvalue weighted by Gasteiger charge is -2.39. The molecular formula is C26H33N5O3S. The Morgan fingerprint density at radius 2 is 1.63 bits per heavy atom. The van der Waals surface area contributed by atoms with Crippen LogP contribution >= 0.6 is 11.3 Å². The zero-order valence-electron chi connectivity index (χ0n) is 20.5.